The van der Waals surface area contributed by atoms with Crippen LogP contribution < -0.4 is 10.2 Å². The van der Waals surface area contributed by atoms with E-state index < -0.39 is 9.84 Å². The number of sulfone groups is 1. The number of hydrogen-bond donors (Lipinski definition) is 1. The summed E-state index contributed by atoms with van der Waals surface area (Å²) < 4.78 is 22.9. The standard InChI is InChI=1S/C15H19N5O3S/c16-10-12-1-3-17-14(9-12)19-4-6-20(7-5-19)15(21)18-13-2-8-24(22,23)11-13/h1,3,9,13H,2,4-8,11H2,(H,18,21)/t13-/m0/s1. The molecular formula is C15H19N5O3S. The van der Waals surface area contributed by atoms with Gasteiger partial charge in [0.15, 0.2) is 9.84 Å². The smallest absolute Gasteiger partial charge is 0.317 e. The highest BCUT2D eigenvalue weighted by Crippen LogP contribution is 2.16. The Morgan fingerprint density at radius 2 is 2.08 bits per heavy atom. The molecule has 0 radical (unpaired) electrons. The van der Waals surface area contributed by atoms with Crippen LogP contribution in [0.1, 0.15) is 12.0 Å². The van der Waals surface area contributed by atoms with Crippen molar-refractivity contribution in [3.8, 4) is 6.07 Å². The molecule has 3 heterocycles. The molecule has 1 aromatic heterocycles. The van der Waals surface area contributed by atoms with Crippen LogP contribution in [0.2, 0.25) is 0 Å². The van der Waals surface area contributed by atoms with Gasteiger partial charge in [-0.2, -0.15) is 5.26 Å². The zero-order valence-electron chi connectivity index (χ0n) is 13.2. The number of pyridine rings is 1. The van der Waals surface area contributed by atoms with Crippen molar-refractivity contribution < 1.29 is 13.2 Å². The molecule has 2 amide bonds. The number of amides is 2. The van der Waals surface area contributed by atoms with Crippen molar-refractivity contribution in [2.45, 2.75) is 12.5 Å². The first-order chi connectivity index (χ1) is 11.5. The Kier molecular flexibility index (Phi) is 4.57. The largest absolute Gasteiger partial charge is 0.353 e. The Labute approximate surface area is 141 Å². The van der Waals surface area contributed by atoms with Crippen LogP contribution >= 0.6 is 0 Å². The van der Waals surface area contributed by atoms with Crippen molar-refractivity contribution in [2.24, 2.45) is 0 Å². The van der Waals surface area contributed by atoms with Crippen LogP contribution in [0.15, 0.2) is 18.3 Å². The molecule has 1 N–H and O–H groups in total. The molecular weight excluding hydrogens is 330 g/mol. The van der Waals surface area contributed by atoms with Crippen LogP contribution in [0.5, 0.6) is 0 Å². The van der Waals surface area contributed by atoms with E-state index in [-0.39, 0.29) is 23.6 Å². The van der Waals surface area contributed by atoms with E-state index >= 15 is 0 Å². The maximum absolute atomic E-state index is 12.3. The molecule has 8 nitrogen and oxygen atoms in total. The number of hydrogen-bond acceptors (Lipinski definition) is 6. The fourth-order valence-corrected chi connectivity index (χ4v) is 4.65. The number of nitrogens with one attached hydrogen (secondary N) is 1. The summed E-state index contributed by atoms with van der Waals surface area (Å²) in [5.74, 6) is 0.909. The average molecular weight is 349 g/mol. The van der Waals surface area contributed by atoms with Gasteiger partial charge in [0.25, 0.3) is 0 Å². The quantitative estimate of drug-likeness (QED) is 0.804. The first-order valence-electron chi connectivity index (χ1n) is 7.84. The number of nitriles is 1. The lowest BCUT2D eigenvalue weighted by molar-refractivity contribution is 0.191. The molecule has 9 heteroatoms. The van der Waals surface area contributed by atoms with Crippen molar-refractivity contribution in [1.29, 1.82) is 5.26 Å². The molecule has 3 rings (SSSR count). The lowest BCUT2D eigenvalue weighted by Gasteiger charge is -2.35. The van der Waals surface area contributed by atoms with Crippen LogP contribution in [-0.2, 0) is 9.84 Å². The predicted molar refractivity (Wildman–Crippen MR) is 88.3 cm³/mol. The highest BCUT2D eigenvalue weighted by Gasteiger charge is 2.31. The predicted octanol–water partition coefficient (Wildman–Crippen LogP) is -0.0280. The van der Waals surface area contributed by atoms with Crippen LogP contribution in [0.25, 0.3) is 0 Å². The summed E-state index contributed by atoms with van der Waals surface area (Å²) >= 11 is 0. The highest BCUT2D eigenvalue weighted by atomic mass is 32.2. The molecule has 0 saturated carbocycles. The number of carbonyl (C=O) groups is 1. The normalized spacial score (nSPS) is 22.9. The van der Waals surface area contributed by atoms with Crippen LogP contribution in [0.4, 0.5) is 10.6 Å². The molecule has 0 spiro atoms. The number of aromatic nitrogens is 1. The van der Waals surface area contributed by atoms with E-state index in [9.17, 15) is 13.2 Å². The molecule has 0 unspecified atom stereocenters. The molecule has 2 saturated heterocycles. The topological polar surface area (TPSA) is 106 Å². The molecule has 128 valence electrons. The van der Waals surface area contributed by atoms with Gasteiger partial charge in [0.05, 0.1) is 23.1 Å². The van der Waals surface area contributed by atoms with Gasteiger partial charge in [-0.1, -0.05) is 0 Å². The van der Waals surface area contributed by atoms with Gasteiger partial charge >= 0.3 is 6.03 Å². The summed E-state index contributed by atoms with van der Waals surface area (Å²) in [6, 6.07) is 4.99. The van der Waals surface area contributed by atoms with Crippen molar-refractivity contribution in [1.82, 2.24) is 15.2 Å². The zero-order chi connectivity index (χ0) is 17.2. The van der Waals surface area contributed by atoms with Gasteiger partial charge < -0.3 is 15.1 Å². The highest BCUT2D eigenvalue weighted by molar-refractivity contribution is 7.91. The third kappa shape index (κ3) is 3.76. The van der Waals surface area contributed by atoms with E-state index in [0.717, 1.165) is 5.82 Å². The fourth-order valence-electron chi connectivity index (χ4n) is 2.97. The Bertz CT molecular complexity index is 766. The minimum Gasteiger partial charge on any atom is -0.353 e. The fraction of sp³-hybridized carbons (Fsp3) is 0.533. The lowest BCUT2D eigenvalue weighted by Crippen LogP contribution is -2.53. The first kappa shape index (κ1) is 16.5. The SMILES string of the molecule is N#Cc1ccnc(N2CCN(C(=O)N[C@H]3CCS(=O)(=O)C3)CC2)c1. The van der Waals surface area contributed by atoms with Gasteiger partial charge in [0.2, 0.25) is 0 Å². The third-order valence-electron chi connectivity index (χ3n) is 4.33. The number of rotatable bonds is 2. The van der Waals surface area contributed by atoms with Crippen LogP contribution in [0.3, 0.4) is 0 Å². The molecule has 1 aromatic rings. The summed E-state index contributed by atoms with van der Waals surface area (Å²) in [5, 5.41) is 11.8. The number of nitrogens with zero attached hydrogens (tertiary/aromatic N) is 4. The lowest BCUT2D eigenvalue weighted by atomic mass is 10.2. The summed E-state index contributed by atoms with van der Waals surface area (Å²) in [6.07, 6.45) is 2.09. The Morgan fingerprint density at radius 3 is 2.71 bits per heavy atom. The minimum absolute atomic E-state index is 0.0313. The van der Waals surface area contributed by atoms with Gasteiger partial charge in [-0.15, -0.1) is 0 Å². The first-order valence-corrected chi connectivity index (χ1v) is 9.66. The molecule has 0 bridgehead atoms. The second kappa shape index (κ2) is 6.65. The second-order valence-corrected chi connectivity index (χ2v) is 8.27. The van der Waals surface area contributed by atoms with Crippen LogP contribution in [-0.4, -0.2) is 68.1 Å². The van der Waals surface area contributed by atoms with Crippen molar-refractivity contribution in [2.75, 3.05) is 42.6 Å². The summed E-state index contributed by atoms with van der Waals surface area (Å²) in [5.41, 5.74) is 0.558. The Hall–Kier alpha value is -2.34. The molecule has 24 heavy (non-hydrogen) atoms. The van der Waals surface area contributed by atoms with E-state index in [1.807, 2.05) is 4.90 Å². The molecule has 0 aromatic carbocycles. The van der Waals surface area contributed by atoms with Crippen molar-refractivity contribution in [3.05, 3.63) is 23.9 Å². The van der Waals surface area contributed by atoms with E-state index in [4.69, 9.17) is 5.26 Å². The molecule has 0 aliphatic carbocycles. The number of urea groups is 1. The Balaban J connectivity index is 1.53. The van der Waals surface area contributed by atoms with E-state index in [1.54, 1.807) is 23.2 Å². The van der Waals surface area contributed by atoms with Gasteiger partial charge in [0, 0.05) is 38.4 Å². The van der Waals surface area contributed by atoms with Gasteiger partial charge in [0.1, 0.15) is 5.82 Å². The average Bonchev–Trinajstić information content (AvgIpc) is 2.93. The number of anilines is 1. The summed E-state index contributed by atoms with van der Waals surface area (Å²) in [4.78, 5) is 20.2. The molecule has 2 aliphatic heterocycles. The van der Waals surface area contributed by atoms with E-state index in [2.05, 4.69) is 16.4 Å². The van der Waals surface area contributed by atoms with Crippen LogP contribution in [0, 0.1) is 11.3 Å². The second-order valence-electron chi connectivity index (χ2n) is 6.04. The van der Waals surface area contributed by atoms with Gasteiger partial charge in [-0.25, -0.2) is 18.2 Å². The van der Waals surface area contributed by atoms with Gasteiger partial charge in [-0.3, -0.25) is 0 Å². The van der Waals surface area contributed by atoms with E-state index in [0.29, 0.717) is 38.2 Å². The minimum atomic E-state index is -3.00. The zero-order valence-corrected chi connectivity index (χ0v) is 14.0. The maximum atomic E-state index is 12.3. The maximum Gasteiger partial charge on any atom is 0.317 e. The summed E-state index contributed by atoms with van der Waals surface area (Å²) in [7, 11) is -3.00. The van der Waals surface area contributed by atoms with E-state index in [1.165, 1.54) is 0 Å². The van der Waals surface area contributed by atoms with Crippen molar-refractivity contribution in [3.63, 3.8) is 0 Å². The number of piperazine rings is 1. The third-order valence-corrected chi connectivity index (χ3v) is 6.09. The number of carbonyl (C=O) groups excluding carboxylic acids is 1. The Morgan fingerprint density at radius 1 is 1.33 bits per heavy atom. The molecule has 2 fully saturated rings. The monoisotopic (exact) mass is 349 g/mol. The van der Waals surface area contributed by atoms with Crippen molar-refractivity contribution >= 4 is 21.7 Å². The molecule has 1 atom stereocenters. The molecule has 2 aliphatic rings. The van der Waals surface area contributed by atoms with Gasteiger partial charge in [-0.05, 0) is 18.6 Å². The summed E-state index contributed by atoms with van der Waals surface area (Å²) in [6.45, 7) is 2.31.